The van der Waals surface area contributed by atoms with Gasteiger partial charge in [-0.05, 0) is 36.6 Å². The van der Waals surface area contributed by atoms with Crippen molar-refractivity contribution in [3.05, 3.63) is 41.7 Å². The van der Waals surface area contributed by atoms with Crippen molar-refractivity contribution in [3.8, 4) is 0 Å². The van der Waals surface area contributed by atoms with Gasteiger partial charge in [0.05, 0.1) is 10.4 Å². The zero-order chi connectivity index (χ0) is 15.9. The molecule has 3 heterocycles. The van der Waals surface area contributed by atoms with E-state index in [1.54, 1.807) is 0 Å². The molecule has 0 bridgehead atoms. The lowest BCUT2D eigenvalue weighted by Crippen LogP contribution is -1.94. The van der Waals surface area contributed by atoms with Crippen molar-refractivity contribution in [1.29, 1.82) is 0 Å². The molecule has 0 unspecified atom stereocenters. The molecule has 2 aromatic rings. The number of aryl methyl sites for hydroxylation is 2. The summed E-state index contributed by atoms with van der Waals surface area (Å²) in [5.41, 5.74) is 5.13. The standard InChI is InChI=1S/C16H13ClO2S3/c1-8-11(3-10(4-18)21-8)13-6-20-7-14(13)15-9(2)22-16(17)12(15)5-19/h3-5H,6-7H2,1-2H3. The zero-order valence-corrected chi connectivity index (χ0v) is 15.3. The Bertz CT molecular complexity index is 799. The van der Waals surface area contributed by atoms with Crippen molar-refractivity contribution in [2.24, 2.45) is 0 Å². The first-order valence-corrected chi connectivity index (χ1v) is 9.83. The van der Waals surface area contributed by atoms with E-state index in [1.807, 2.05) is 31.7 Å². The van der Waals surface area contributed by atoms with Gasteiger partial charge in [0.25, 0.3) is 0 Å². The van der Waals surface area contributed by atoms with Gasteiger partial charge in [0.1, 0.15) is 4.34 Å². The summed E-state index contributed by atoms with van der Waals surface area (Å²) in [5.74, 6) is 1.77. The molecule has 2 aromatic heterocycles. The molecule has 0 saturated heterocycles. The van der Waals surface area contributed by atoms with Crippen molar-refractivity contribution in [3.63, 3.8) is 0 Å². The molecule has 0 aliphatic carbocycles. The fourth-order valence-electron chi connectivity index (χ4n) is 2.76. The number of hydrogen-bond acceptors (Lipinski definition) is 5. The minimum Gasteiger partial charge on any atom is -0.298 e. The monoisotopic (exact) mass is 368 g/mol. The summed E-state index contributed by atoms with van der Waals surface area (Å²) in [6, 6.07) is 1.96. The second kappa shape index (κ2) is 6.32. The molecule has 3 rings (SSSR count). The van der Waals surface area contributed by atoms with Crippen LogP contribution in [0.15, 0.2) is 6.07 Å². The molecule has 1 aliphatic rings. The lowest BCUT2D eigenvalue weighted by Gasteiger charge is -2.08. The third-order valence-electron chi connectivity index (χ3n) is 3.73. The molecule has 0 radical (unpaired) electrons. The van der Waals surface area contributed by atoms with Crippen molar-refractivity contribution in [1.82, 2.24) is 0 Å². The highest BCUT2D eigenvalue weighted by Crippen LogP contribution is 2.45. The molecule has 0 amide bonds. The van der Waals surface area contributed by atoms with Crippen LogP contribution < -0.4 is 0 Å². The maximum absolute atomic E-state index is 11.4. The van der Waals surface area contributed by atoms with Gasteiger partial charge in [-0.3, -0.25) is 9.59 Å². The fraction of sp³-hybridized carbons (Fsp3) is 0.250. The zero-order valence-electron chi connectivity index (χ0n) is 12.1. The van der Waals surface area contributed by atoms with Crippen LogP contribution in [0.3, 0.4) is 0 Å². The van der Waals surface area contributed by atoms with Gasteiger partial charge in [-0.2, -0.15) is 11.8 Å². The van der Waals surface area contributed by atoms with Gasteiger partial charge in [-0.25, -0.2) is 0 Å². The van der Waals surface area contributed by atoms with Gasteiger partial charge in [-0.1, -0.05) is 11.6 Å². The van der Waals surface area contributed by atoms with E-state index < -0.39 is 0 Å². The molecule has 114 valence electrons. The molecule has 2 nitrogen and oxygen atoms in total. The van der Waals surface area contributed by atoms with Gasteiger partial charge < -0.3 is 0 Å². The Hall–Kier alpha value is -0.880. The number of thiophene rings is 2. The number of carbonyl (C=O) groups excluding carboxylic acids is 2. The van der Waals surface area contributed by atoms with Crippen molar-refractivity contribution in [2.45, 2.75) is 13.8 Å². The van der Waals surface area contributed by atoms with E-state index >= 15 is 0 Å². The second-order valence-electron chi connectivity index (χ2n) is 5.02. The van der Waals surface area contributed by atoms with Crippen molar-refractivity contribution < 1.29 is 9.59 Å². The topological polar surface area (TPSA) is 34.1 Å². The maximum Gasteiger partial charge on any atom is 0.160 e. The highest BCUT2D eigenvalue weighted by Gasteiger charge is 2.26. The second-order valence-corrected chi connectivity index (χ2v) is 9.13. The summed E-state index contributed by atoms with van der Waals surface area (Å²) in [5, 5.41) is 0. The third-order valence-corrected chi connectivity index (χ3v) is 7.04. The van der Waals surface area contributed by atoms with E-state index in [2.05, 4.69) is 0 Å². The van der Waals surface area contributed by atoms with Crippen LogP contribution in [0.4, 0.5) is 0 Å². The SMILES string of the molecule is Cc1sc(C=O)cc1C1=C(c2c(C)sc(Cl)c2C=O)CSC1. The highest BCUT2D eigenvalue weighted by atomic mass is 35.5. The summed E-state index contributed by atoms with van der Waals surface area (Å²) >= 11 is 11.0. The minimum atomic E-state index is 0.557. The van der Waals surface area contributed by atoms with Gasteiger partial charge in [0, 0.05) is 26.8 Å². The molecule has 0 atom stereocenters. The average molecular weight is 369 g/mol. The van der Waals surface area contributed by atoms with E-state index in [0.717, 1.165) is 49.8 Å². The molecule has 0 N–H and O–H groups in total. The van der Waals surface area contributed by atoms with Crippen LogP contribution in [0.25, 0.3) is 11.1 Å². The van der Waals surface area contributed by atoms with Gasteiger partial charge in [0.2, 0.25) is 0 Å². The number of halogens is 1. The van der Waals surface area contributed by atoms with Crippen LogP contribution in [0.5, 0.6) is 0 Å². The van der Waals surface area contributed by atoms with Gasteiger partial charge in [0.15, 0.2) is 12.6 Å². The number of rotatable bonds is 4. The Kier molecular flexibility index (Phi) is 4.59. The lowest BCUT2D eigenvalue weighted by atomic mass is 9.95. The first-order valence-electron chi connectivity index (χ1n) is 6.67. The van der Waals surface area contributed by atoms with Gasteiger partial charge >= 0.3 is 0 Å². The molecular formula is C16H13ClO2S3. The summed E-state index contributed by atoms with van der Waals surface area (Å²) in [6.45, 7) is 4.04. The smallest absolute Gasteiger partial charge is 0.160 e. The van der Waals surface area contributed by atoms with E-state index in [9.17, 15) is 9.59 Å². The maximum atomic E-state index is 11.4. The Morgan fingerprint density at radius 2 is 1.77 bits per heavy atom. The predicted octanol–water partition coefficient (Wildman–Crippen LogP) is 5.36. The molecule has 0 saturated carbocycles. The van der Waals surface area contributed by atoms with Gasteiger partial charge in [-0.15, -0.1) is 22.7 Å². The predicted molar refractivity (Wildman–Crippen MR) is 98.0 cm³/mol. The van der Waals surface area contributed by atoms with Crippen LogP contribution in [-0.4, -0.2) is 24.1 Å². The molecule has 1 aliphatic heterocycles. The number of hydrogen-bond donors (Lipinski definition) is 0. The molecule has 0 aromatic carbocycles. The lowest BCUT2D eigenvalue weighted by molar-refractivity contribution is 0.111. The third kappa shape index (κ3) is 2.60. The summed E-state index contributed by atoms with van der Waals surface area (Å²) in [7, 11) is 0. The Balaban J connectivity index is 2.22. The van der Waals surface area contributed by atoms with Crippen molar-refractivity contribution >= 4 is 69.8 Å². The molecule has 0 spiro atoms. The summed E-state index contributed by atoms with van der Waals surface area (Å²) in [4.78, 5) is 25.4. The van der Waals surface area contributed by atoms with Crippen LogP contribution in [-0.2, 0) is 0 Å². The van der Waals surface area contributed by atoms with E-state index in [0.29, 0.717) is 9.90 Å². The highest BCUT2D eigenvalue weighted by molar-refractivity contribution is 8.00. The Morgan fingerprint density at radius 1 is 1.05 bits per heavy atom. The van der Waals surface area contributed by atoms with Crippen LogP contribution >= 0.6 is 46.0 Å². The Morgan fingerprint density at radius 3 is 2.41 bits per heavy atom. The van der Waals surface area contributed by atoms with Crippen LogP contribution in [0.2, 0.25) is 4.34 Å². The largest absolute Gasteiger partial charge is 0.298 e. The molecule has 6 heteroatoms. The number of aldehydes is 2. The number of thioether (sulfide) groups is 1. The normalized spacial score (nSPS) is 14.7. The average Bonchev–Trinajstić information content (AvgIpc) is 3.15. The first-order chi connectivity index (χ1) is 10.6. The quantitative estimate of drug-likeness (QED) is 0.681. The first kappa shape index (κ1) is 16.0. The van der Waals surface area contributed by atoms with Crippen LogP contribution in [0, 0.1) is 13.8 Å². The van der Waals surface area contributed by atoms with Crippen molar-refractivity contribution in [2.75, 3.05) is 11.5 Å². The molecule has 0 fully saturated rings. The van der Waals surface area contributed by atoms with E-state index in [1.165, 1.54) is 33.8 Å². The fourth-order valence-corrected chi connectivity index (χ4v) is 6.14. The number of carbonyl (C=O) groups is 2. The Labute approximate surface area is 146 Å². The molecular weight excluding hydrogens is 356 g/mol. The van der Waals surface area contributed by atoms with E-state index in [4.69, 9.17) is 11.6 Å². The molecule has 22 heavy (non-hydrogen) atoms. The van der Waals surface area contributed by atoms with Crippen LogP contribution in [0.1, 0.15) is 40.9 Å². The summed E-state index contributed by atoms with van der Waals surface area (Å²) < 4.78 is 0.557. The van der Waals surface area contributed by atoms with E-state index in [-0.39, 0.29) is 0 Å². The minimum absolute atomic E-state index is 0.557. The summed E-state index contributed by atoms with van der Waals surface area (Å²) in [6.07, 6.45) is 1.75.